The lowest BCUT2D eigenvalue weighted by atomic mass is 10.1. The molecule has 0 aliphatic carbocycles. The van der Waals surface area contributed by atoms with Crippen molar-refractivity contribution in [3.63, 3.8) is 0 Å². The minimum absolute atomic E-state index is 0.110. The molecule has 0 aliphatic rings. The summed E-state index contributed by atoms with van der Waals surface area (Å²) >= 11 is 0. The van der Waals surface area contributed by atoms with E-state index in [0.29, 0.717) is 23.1 Å². The van der Waals surface area contributed by atoms with Crippen LogP contribution in [-0.2, 0) is 6.54 Å². The zero-order chi connectivity index (χ0) is 18.6. The zero-order valence-electron chi connectivity index (χ0n) is 14.1. The van der Waals surface area contributed by atoms with Gasteiger partial charge in [-0.05, 0) is 31.9 Å². The first-order valence-corrected chi connectivity index (χ1v) is 7.72. The van der Waals surface area contributed by atoms with Crippen LogP contribution in [0.3, 0.4) is 0 Å². The van der Waals surface area contributed by atoms with Crippen LogP contribution in [0.5, 0.6) is 0 Å². The molecule has 3 heterocycles. The molecule has 0 aliphatic heterocycles. The van der Waals surface area contributed by atoms with E-state index in [-0.39, 0.29) is 12.3 Å². The molecule has 3 aromatic heterocycles. The minimum Gasteiger partial charge on any atom is -0.443 e. The molecule has 9 heteroatoms. The number of rotatable bonds is 4. The van der Waals surface area contributed by atoms with Crippen molar-refractivity contribution in [3.8, 4) is 23.4 Å². The van der Waals surface area contributed by atoms with Gasteiger partial charge in [-0.2, -0.15) is 5.10 Å². The number of aromatic nitrogens is 5. The third kappa shape index (κ3) is 4.52. The first kappa shape index (κ1) is 17.3. The van der Waals surface area contributed by atoms with E-state index in [4.69, 9.17) is 4.42 Å². The van der Waals surface area contributed by atoms with Gasteiger partial charge in [-0.1, -0.05) is 5.92 Å². The Labute approximate surface area is 148 Å². The standard InChI is InChI=1S/C17H16N6O3/c1-17(2,25)6-5-11-3-4-13(26-11)16(24)20-10-14-21-15(23-22-14)12-9-18-7-8-19-12/h3-4,7-9,25H,10H2,1-2H3,(H,20,24)(H,21,22,23). The van der Waals surface area contributed by atoms with Crippen LogP contribution in [0.1, 0.15) is 36.0 Å². The summed E-state index contributed by atoms with van der Waals surface area (Å²) < 4.78 is 5.34. The van der Waals surface area contributed by atoms with E-state index in [1.165, 1.54) is 6.07 Å². The van der Waals surface area contributed by atoms with Gasteiger partial charge in [-0.15, -0.1) is 0 Å². The number of hydrogen-bond donors (Lipinski definition) is 3. The smallest absolute Gasteiger partial charge is 0.287 e. The van der Waals surface area contributed by atoms with E-state index in [1.54, 1.807) is 38.5 Å². The van der Waals surface area contributed by atoms with Gasteiger partial charge in [-0.25, -0.2) is 9.97 Å². The number of furan rings is 1. The summed E-state index contributed by atoms with van der Waals surface area (Å²) in [7, 11) is 0. The molecule has 0 saturated heterocycles. The van der Waals surface area contributed by atoms with Crippen molar-refractivity contribution in [3.05, 3.63) is 48.1 Å². The molecule has 3 rings (SSSR count). The highest BCUT2D eigenvalue weighted by molar-refractivity contribution is 5.91. The van der Waals surface area contributed by atoms with Crippen molar-refractivity contribution < 1.29 is 14.3 Å². The number of nitrogens with one attached hydrogen (secondary N) is 2. The average molecular weight is 352 g/mol. The Morgan fingerprint density at radius 3 is 2.96 bits per heavy atom. The highest BCUT2D eigenvalue weighted by atomic mass is 16.3. The Bertz CT molecular complexity index is 960. The lowest BCUT2D eigenvalue weighted by Gasteiger charge is -2.05. The van der Waals surface area contributed by atoms with Gasteiger partial charge >= 0.3 is 0 Å². The molecule has 1 amide bonds. The Morgan fingerprint density at radius 1 is 1.38 bits per heavy atom. The molecule has 0 unspecified atom stereocenters. The normalized spacial score (nSPS) is 10.9. The largest absolute Gasteiger partial charge is 0.443 e. The van der Waals surface area contributed by atoms with Crippen LogP contribution >= 0.6 is 0 Å². The number of nitrogens with zero attached hydrogens (tertiary/aromatic N) is 4. The van der Waals surface area contributed by atoms with Gasteiger partial charge in [0, 0.05) is 12.4 Å². The van der Waals surface area contributed by atoms with Crippen LogP contribution in [0.25, 0.3) is 11.5 Å². The number of amides is 1. The van der Waals surface area contributed by atoms with E-state index in [9.17, 15) is 9.90 Å². The molecule has 3 N–H and O–H groups in total. The third-order valence-electron chi connectivity index (χ3n) is 3.06. The van der Waals surface area contributed by atoms with E-state index in [2.05, 4.69) is 42.3 Å². The maximum Gasteiger partial charge on any atom is 0.287 e. The highest BCUT2D eigenvalue weighted by Crippen LogP contribution is 2.10. The Kier molecular flexibility index (Phi) is 4.77. The van der Waals surface area contributed by atoms with Gasteiger partial charge in [0.25, 0.3) is 5.91 Å². The van der Waals surface area contributed by atoms with E-state index in [1.807, 2.05) is 0 Å². The fourth-order valence-corrected chi connectivity index (χ4v) is 1.90. The number of H-pyrrole nitrogens is 1. The van der Waals surface area contributed by atoms with Gasteiger partial charge < -0.3 is 14.8 Å². The van der Waals surface area contributed by atoms with Crippen molar-refractivity contribution in [1.29, 1.82) is 0 Å². The predicted molar refractivity (Wildman–Crippen MR) is 90.5 cm³/mol. The maximum absolute atomic E-state index is 12.1. The van der Waals surface area contributed by atoms with Gasteiger partial charge in [-0.3, -0.25) is 14.9 Å². The Hall–Kier alpha value is -3.51. The van der Waals surface area contributed by atoms with Crippen LogP contribution in [0.4, 0.5) is 0 Å². The Morgan fingerprint density at radius 2 is 2.23 bits per heavy atom. The molecule has 0 bridgehead atoms. The van der Waals surface area contributed by atoms with Crippen molar-refractivity contribution in [1.82, 2.24) is 30.5 Å². The predicted octanol–water partition coefficient (Wildman–Crippen LogP) is 0.907. The fourth-order valence-electron chi connectivity index (χ4n) is 1.90. The average Bonchev–Trinajstić information content (AvgIpc) is 3.28. The summed E-state index contributed by atoms with van der Waals surface area (Å²) in [6.07, 6.45) is 4.65. The van der Waals surface area contributed by atoms with Crippen LogP contribution in [0.2, 0.25) is 0 Å². The summed E-state index contributed by atoms with van der Waals surface area (Å²) in [5.74, 6) is 6.12. The second-order valence-corrected chi connectivity index (χ2v) is 5.85. The molecular formula is C17H16N6O3. The number of aliphatic hydroxyl groups is 1. The quantitative estimate of drug-likeness (QED) is 0.595. The molecule has 0 saturated carbocycles. The number of carbonyl (C=O) groups excluding carboxylic acids is 1. The summed E-state index contributed by atoms with van der Waals surface area (Å²) in [4.78, 5) is 24.4. The van der Waals surface area contributed by atoms with Gasteiger partial charge in [0.15, 0.2) is 11.5 Å². The topological polar surface area (TPSA) is 130 Å². The molecule has 0 atom stereocenters. The van der Waals surface area contributed by atoms with Gasteiger partial charge in [0.05, 0.1) is 12.7 Å². The molecule has 0 fully saturated rings. The summed E-state index contributed by atoms with van der Waals surface area (Å²) in [6.45, 7) is 3.25. The summed E-state index contributed by atoms with van der Waals surface area (Å²) in [5.41, 5.74) is -0.607. The highest BCUT2D eigenvalue weighted by Gasteiger charge is 2.13. The van der Waals surface area contributed by atoms with Crippen molar-refractivity contribution >= 4 is 5.91 Å². The molecule has 0 aromatic carbocycles. The van der Waals surface area contributed by atoms with Crippen LogP contribution in [0, 0.1) is 11.8 Å². The van der Waals surface area contributed by atoms with Gasteiger partial charge in [0.1, 0.15) is 17.1 Å². The van der Waals surface area contributed by atoms with Gasteiger partial charge in [0.2, 0.25) is 5.82 Å². The maximum atomic E-state index is 12.1. The molecule has 0 spiro atoms. The van der Waals surface area contributed by atoms with Crippen molar-refractivity contribution in [2.75, 3.05) is 0 Å². The lowest BCUT2D eigenvalue weighted by Crippen LogP contribution is -2.22. The first-order chi connectivity index (χ1) is 12.4. The van der Waals surface area contributed by atoms with Crippen molar-refractivity contribution in [2.24, 2.45) is 0 Å². The van der Waals surface area contributed by atoms with E-state index in [0.717, 1.165) is 0 Å². The van der Waals surface area contributed by atoms with Crippen LogP contribution in [-0.4, -0.2) is 41.8 Å². The fraction of sp³-hybridized carbons (Fsp3) is 0.235. The molecule has 3 aromatic rings. The van der Waals surface area contributed by atoms with E-state index < -0.39 is 11.5 Å². The van der Waals surface area contributed by atoms with E-state index >= 15 is 0 Å². The molecule has 26 heavy (non-hydrogen) atoms. The minimum atomic E-state index is -1.14. The molecule has 9 nitrogen and oxygen atoms in total. The molecular weight excluding hydrogens is 336 g/mol. The van der Waals surface area contributed by atoms with Crippen LogP contribution < -0.4 is 5.32 Å². The molecule has 0 radical (unpaired) electrons. The summed E-state index contributed by atoms with van der Waals surface area (Å²) in [5, 5.41) is 19.0. The third-order valence-corrected chi connectivity index (χ3v) is 3.06. The van der Waals surface area contributed by atoms with Crippen LogP contribution in [0.15, 0.2) is 35.1 Å². The second-order valence-electron chi connectivity index (χ2n) is 5.85. The number of carbonyl (C=O) groups is 1. The summed E-state index contributed by atoms with van der Waals surface area (Å²) in [6, 6.07) is 3.07. The molecule has 132 valence electrons. The lowest BCUT2D eigenvalue weighted by molar-refractivity contribution is 0.0921. The first-order valence-electron chi connectivity index (χ1n) is 7.72. The number of hydrogen-bond acceptors (Lipinski definition) is 7. The SMILES string of the molecule is CC(C)(O)C#Cc1ccc(C(=O)NCc2nc(-c3cnccn3)n[nH]2)o1. The zero-order valence-corrected chi connectivity index (χ0v) is 14.1. The second kappa shape index (κ2) is 7.16. The monoisotopic (exact) mass is 352 g/mol. The number of aromatic amines is 1. The van der Waals surface area contributed by atoms with Crippen molar-refractivity contribution in [2.45, 2.75) is 26.0 Å². The Balaban J connectivity index is 1.60.